The van der Waals surface area contributed by atoms with Gasteiger partial charge in [0.2, 0.25) is 10.0 Å². The van der Waals surface area contributed by atoms with Gasteiger partial charge < -0.3 is 10.1 Å². The van der Waals surface area contributed by atoms with Gasteiger partial charge in [0.05, 0.1) is 18.2 Å². The first-order valence-electron chi connectivity index (χ1n) is 9.05. The molecule has 0 atom stereocenters. The number of sulfonamides is 1. The second kappa shape index (κ2) is 9.79. The number of amides is 1. The molecule has 2 aromatic carbocycles. The van der Waals surface area contributed by atoms with Crippen molar-refractivity contribution in [1.29, 1.82) is 0 Å². The van der Waals surface area contributed by atoms with Gasteiger partial charge in [-0.2, -0.15) is 0 Å². The summed E-state index contributed by atoms with van der Waals surface area (Å²) in [6.45, 7) is 0.178. The lowest BCUT2D eigenvalue weighted by Gasteiger charge is -2.12. The van der Waals surface area contributed by atoms with E-state index in [-0.39, 0.29) is 23.9 Å². The third kappa shape index (κ3) is 5.02. The molecule has 3 rings (SSSR count). The van der Waals surface area contributed by atoms with Crippen LogP contribution >= 0.6 is 11.8 Å². The van der Waals surface area contributed by atoms with E-state index in [0.29, 0.717) is 16.6 Å². The van der Waals surface area contributed by atoms with E-state index in [9.17, 15) is 13.2 Å². The molecule has 0 spiro atoms. The highest BCUT2D eigenvalue weighted by Crippen LogP contribution is 2.21. The summed E-state index contributed by atoms with van der Waals surface area (Å²) in [4.78, 5) is 17.1. The average Bonchev–Trinajstić information content (AvgIpc) is 3.21. The number of nitrogens with one attached hydrogen (secondary N) is 2. The molecular formula is C20H22N4O4S2. The first-order chi connectivity index (χ1) is 14.5. The third-order valence-corrected chi connectivity index (χ3v) is 6.36. The van der Waals surface area contributed by atoms with Crippen LogP contribution in [-0.4, -0.2) is 50.3 Å². The van der Waals surface area contributed by atoms with Gasteiger partial charge in [0, 0.05) is 18.8 Å². The number of nitrogens with zero attached hydrogens (tertiary/aromatic N) is 2. The maximum absolute atomic E-state index is 12.7. The van der Waals surface area contributed by atoms with Gasteiger partial charge in [-0.25, -0.2) is 18.1 Å². The first kappa shape index (κ1) is 21.9. The number of imidazole rings is 1. The summed E-state index contributed by atoms with van der Waals surface area (Å²) in [5, 5.41) is 3.42. The molecule has 30 heavy (non-hydrogen) atoms. The lowest BCUT2D eigenvalue weighted by molar-refractivity contribution is 0.0947. The van der Waals surface area contributed by atoms with Crippen LogP contribution in [0.5, 0.6) is 5.75 Å². The summed E-state index contributed by atoms with van der Waals surface area (Å²) in [7, 11) is -2.17. The van der Waals surface area contributed by atoms with E-state index >= 15 is 0 Å². The Morgan fingerprint density at radius 1 is 1.10 bits per heavy atom. The van der Waals surface area contributed by atoms with Crippen LogP contribution < -0.4 is 14.8 Å². The van der Waals surface area contributed by atoms with Crippen LogP contribution in [0.3, 0.4) is 0 Å². The van der Waals surface area contributed by atoms with Gasteiger partial charge >= 0.3 is 0 Å². The quantitative estimate of drug-likeness (QED) is 0.386. The second-order valence-corrected chi connectivity index (χ2v) is 8.67. The maximum atomic E-state index is 12.7. The van der Waals surface area contributed by atoms with E-state index in [1.54, 1.807) is 16.7 Å². The summed E-state index contributed by atoms with van der Waals surface area (Å²) in [6.07, 6.45) is 3.40. The Labute approximate surface area is 179 Å². The Hall–Kier alpha value is -2.82. The summed E-state index contributed by atoms with van der Waals surface area (Å²) >= 11 is 1.43. The van der Waals surface area contributed by atoms with Crippen LogP contribution in [0.25, 0.3) is 5.69 Å². The van der Waals surface area contributed by atoms with Gasteiger partial charge in [-0.1, -0.05) is 30.0 Å². The molecule has 1 aromatic heterocycles. The molecule has 2 N–H and O–H groups in total. The van der Waals surface area contributed by atoms with Crippen LogP contribution in [0.4, 0.5) is 0 Å². The van der Waals surface area contributed by atoms with Crippen LogP contribution in [0.2, 0.25) is 0 Å². The van der Waals surface area contributed by atoms with Crippen molar-refractivity contribution >= 4 is 27.7 Å². The van der Waals surface area contributed by atoms with E-state index < -0.39 is 10.0 Å². The fourth-order valence-electron chi connectivity index (χ4n) is 2.76. The SMILES string of the molecule is COc1ccc(S(=O)(=O)NCCNC(=O)c2cnc(SC)n2-c2ccccc2)cc1. The van der Waals surface area contributed by atoms with Crippen molar-refractivity contribution in [2.45, 2.75) is 10.1 Å². The number of hydrogen-bond acceptors (Lipinski definition) is 6. The van der Waals surface area contributed by atoms with Crippen LogP contribution in [0, 0.1) is 0 Å². The largest absolute Gasteiger partial charge is 0.497 e. The van der Waals surface area contributed by atoms with E-state index in [0.717, 1.165) is 5.69 Å². The number of para-hydroxylation sites is 1. The van der Waals surface area contributed by atoms with Crippen LogP contribution in [0.15, 0.2) is 70.8 Å². The molecule has 0 unspecified atom stereocenters. The molecule has 8 nitrogen and oxygen atoms in total. The van der Waals surface area contributed by atoms with Gasteiger partial charge in [0.1, 0.15) is 11.4 Å². The van der Waals surface area contributed by atoms with E-state index in [1.165, 1.54) is 37.2 Å². The molecule has 158 valence electrons. The summed E-state index contributed by atoms with van der Waals surface area (Å²) in [6, 6.07) is 15.5. The zero-order valence-electron chi connectivity index (χ0n) is 16.5. The molecule has 0 bridgehead atoms. The molecule has 0 aliphatic rings. The minimum Gasteiger partial charge on any atom is -0.497 e. The number of aromatic nitrogens is 2. The van der Waals surface area contributed by atoms with E-state index in [4.69, 9.17) is 4.74 Å². The number of hydrogen-bond donors (Lipinski definition) is 2. The number of rotatable bonds is 9. The van der Waals surface area contributed by atoms with Gasteiger partial charge in [-0.3, -0.25) is 9.36 Å². The molecule has 0 aliphatic carbocycles. The lowest BCUT2D eigenvalue weighted by atomic mass is 10.3. The first-order valence-corrected chi connectivity index (χ1v) is 11.8. The smallest absolute Gasteiger partial charge is 0.270 e. The molecule has 10 heteroatoms. The van der Waals surface area contributed by atoms with Gasteiger partial charge in [-0.05, 0) is 42.7 Å². The highest BCUT2D eigenvalue weighted by Gasteiger charge is 2.18. The molecule has 1 amide bonds. The minimum absolute atomic E-state index is 0.0506. The second-order valence-electron chi connectivity index (χ2n) is 6.13. The van der Waals surface area contributed by atoms with Crippen molar-refractivity contribution in [3.63, 3.8) is 0 Å². The van der Waals surface area contributed by atoms with Crippen molar-refractivity contribution in [2.24, 2.45) is 0 Å². The Morgan fingerprint density at radius 2 is 1.80 bits per heavy atom. The molecule has 0 saturated heterocycles. The predicted molar refractivity (Wildman–Crippen MR) is 116 cm³/mol. The van der Waals surface area contributed by atoms with Crippen molar-refractivity contribution in [3.8, 4) is 11.4 Å². The summed E-state index contributed by atoms with van der Waals surface area (Å²) in [5.74, 6) is 0.233. The lowest BCUT2D eigenvalue weighted by Crippen LogP contribution is -2.35. The van der Waals surface area contributed by atoms with Crippen LogP contribution in [-0.2, 0) is 10.0 Å². The zero-order valence-corrected chi connectivity index (χ0v) is 18.2. The fraction of sp³-hybridized carbons (Fsp3) is 0.200. The number of methoxy groups -OCH3 is 1. The maximum Gasteiger partial charge on any atom is 0.270 e. The highest BCUT2D eigenvalue weighted by atomic mass is 32.2. The Kier molecular flexibility index (Phi) is 7.14. The molecule has 0 radical (unpaired) electrons. The molecule has 3 aromatic rings. The summed E-state index contributed by atoms with van der Waals surface area (Å²) in [5.41, 5.74) is 1.20. The van der Waals surface area contributed by atoms with E-state index in [2.05, 4.69) is 15.0 Å². The van der Waals surface area contributed by atoms with Crippen molar-refractivity contribution in [3.05, 3.63) is 66.5 Å². The monoisotopic (exact) mass is 446 g/mol. The highest BCUT2D eigenvalue weighted by molar-refractivity contribution is 7.98. The Morgan fingerprint density at radius 3 is 2.43 bits per heavy atom. The number of carbonyl (C=O) groups is 1. The molecular weight excluding hydrogens is 424 g/mol. The molecule has 0 aliphatic heterocycles. The average molecular weight is 447 g/mol. The normalized spacial score (nSPS) is 11.3. The number of benzene rings is 2. The molecule has 0 saturated carbocycles. The molecule has 1 heterocycles. The predicted octanol–water partition coefficient (Wildman–Crippen LogP) is 2.31. The van der Waals surface area contributed by atoms with Gasteiger partial charge in [0.25, 0.3) is 5.91 Å². The van der Waals surface area contributed by atoms with E-state index in [1.807, 2.05) is 36.6 Å². The number of thioether (sulfide) groups is 1. The van der Waals surface area contributed by atoms with Gasteiger partial charge in [-0.15, -0.1) is 0 Å². The Balaban J connectivity index is 1.62. The third-order valence-electron chi connectivity index (χ3n) is 4.23. The number of ether oxygens (including phenoxy) is 1. The van der Waals surface area contributed by atoms with Crippen LogP contribution in [0.1, 0.15) is 10.5 Å². The van der Waals surface area contributed by atoms with Crippen molar-refractivity contribution < 1.29 is 17.9 Å². The Bertz CT molecular complexity index is 1100. The topological polar surface area (TPSA) is 102 Å². The van der Waals surface area contributed by atoms with Gasteiger partial charge in [0.15, 0.2) is 5.16 Å². The van der Waals surface area contributed by atoms with Crippen molar-refractivity contribution in [2.75, 3.05) is 26.5 Å². The fourth-order valence-corrected chi connectivity index (χ4v) is 4.33. The standard InChI is InChI=1S/C20H22N4O4S2/c1-28-16-8-10-17(11-9-16)30(26,27)23-13-12-21-19(25)18-14-22-20(29-2)24(18)15-6-4-3-5-7-15/h3-11,14,23H,12-13H2,1-2H3,(H,21,25). The zero-order chi connectivity index (χ0) is 21.6. The minimum atomic E-state index is -3.68. The molecule has 0 fully saturated rings. The number of carbonyl (C=O) groups excluding carboxylic acids is 1. The summed E-state index contributed by atoms with van der Waals surface area (Å²) < 4.78 is 34.0. The van der Waals surface area contributed by atoms with Crippen molar-refractivity contribution in [1.82, 2.24) is 19.6 Å².